The molecule has 0 unspecified atom stereocenters. The van der Waals surface area contributed by atoms with Gasteiger partial charge in [-0.2, -0.15) is 0 Å². The molecule has 18 heteroatoms. The van der Waals surface area contributed by atoms with E-state index in [1.165, 1.54) is 151 Å². The van der Waals surface area contributed by atoms with Crippen molar-refractivity contribution in [3.05, 3.63) is 110 Å². The number of hydrogen-bond donors (Lipinski definition) is 0. The van der Waals surface area contributed by atoms with Crippen molar-refractivity contribution in [2.24, 2.45) is 0 Å². The quantitative estimate of drug-likeness (QED) is 0.0100. The van der Waals surface area contributed by atoms with Gasteiger partial charge in [-0.05, 0) is 107 Å². The van der Waals surface area contributed by atoms with E-state index < -0.39 is 35.8 Å². The van der Waals surface area contributed by atoms with Gasteiger partial charge in [0.25, 0.3) is 0 Å². The van der Waals surface area contributed by atoms with Gasteiger partial charge >= 0.3 is 35.8 Å². The van der Waals surface area contributed by atoms with E-state index >= 15 is 0 Å². The topological polar surface area (TPSA) is 213 Å². The van der Waals surface area contributed by atoms with Crippen molar-refractivity contribution in [3.8, 4) is 34.5 Å². The fourth-order valence-electron chi connectivity index (χ4n) is 12.2. The van der Waals surface area contributed by atoms with Crippen molar-refractivity contribution >= 4 is 68.1 Å². The Hall–Kier alpha value is -8.28. The van der Waals surface area contributed by atoms with Crippen molar-refractivity contribution in [2.45, 2.75) is 311 Å². The van der Waals surface area contributed by atoms with E-state index in [0.717, 1.165) is 229 Å². The molecule has 0 fully saturated rings. The van der Waals surface area contributed by atoms with E-state index in [-0.39, 0.29) is 34.5 Å². The Morgan fingerprint density at radius 3 is 0.444 bits per heavy atom. The maximum absolute atomic E-state index is 14.0. The van der Waals surface area contributed by atoms with E-state index in [0.29, 0.717) is 72.0 Å². The highest BCUT2D eigenvalue weighted by Gasteiger charge is 2.25. The molecule has 0 saturated heterocycles. The summed E-state index contributed by atoms with van der Waals surface area (Å²) >= 11 is 0. The molecule has 0 aliphatic rings. The third kappa shape index (κ3) is 41.9. The normalized spacial score (nSPS) is 11.7. The Morgan fingerprint density at radius 1 is 0.194 bits per heavy atom. The summed E-state index contributed by atoms with van der Waals surface area (Å²) in [7, 11) is 0. The Balaban J connectivity index is 1.98. The SMILES string of the molecule is CCCCCCCCCOC=CC(=O)Oc1cc2c3cc(OC(=O)C=COCCCCCCCCC)c(OC(=O)C=COCCCCCCCCC)cc3c3cc(OC(=O)C=COCCCCCCCCC)c(OC(=O)C=COCCCCCCCCC)cc3c2cc1OC(=O)C=COCCCCCCCCC. The molecule has 0 aliphatic carbocycles. The second-order valence-electron chi connectivity index (χ2n) is 27.8. The predicted molar refractivity (Wildman–Crippen MR) is 431 cm³/mol. The van der Waals surface area contributed by atoms with Crippen LogP contribution in [0.4, 0.5) is 0 Å². The lowest BCUT2D eigenvalue weighted by molar-refractivity contribution is -0.131. The maximum atomic E-state index is 14.0. The van der Waals surface area contributed by atoms with Crippen molar-refractivity contribution < 1.29 is 85.6 Å². The number of hydrogen-bond acceptors (Lipinski definition) is 18. The van der Waals surface area contributed by atoms with E-state index in [9.17, 15) is 28.8 Å². The summed E-state index contributed by atoms with van der Waals surface area (Å²) in [5.74, 6) is -6.51. The molecule has 4 aromatic carbocycles. The number of rotatable bonds is 66. The smallest absolute Gasteiger partial charge is 0.339 e. The van der Waals surface area contributed by atoms with Crippen LogP contribution in [0.1, 0.15) is 311 Å². The van der Waals surface area contributed by atoms with Crippen LogP contribution in [0.5, 0.6) is 34.5 Å². The number of benzene rings is 4. The number of ether oxygens (including phenoxy) is 12. The highest BCUT2D eigenvalue weighted by molar-refractivity contribution is 6.27. The molecule has 0 radical (unpaired) electrons. The van der Waals surface area contributed by atoms with E-state index in [2.05, 4.69) is 41.5 Å². The Bertz CT molecular complexity index is 2760. The van der Waals surface area contributed by atoms with E-state index in [4.69, 9.17) is 56.8 Å². The third-order valence-electron chi connectivity index (χ3n) is 18.4. The first-order valence-electron chi connectivity index (χ1n) is 41.5. The zero-order valence-corrected chi connectivity index (χ0v) is 66.7. The van der Waals surface area contributed by atoms with Gasteiger partial charge in [0.2, 0.25) is 0 Å². The molecule has 0 aromatic heterocycles. The molecule has 0 saturated carbocycles. The number of carbonyl (C=O) groups is 6. The standard InChI is InChI=1S/C90H132O18/c1-7-13-19-25-31-37-43-55-97-61-49-85(91)103-79-67-73-74(68-80(79)104-86(92)50-62-98-56-44-38-32-26-20-14-8-2)76-70-82(106-88(94)52-64-100-58-46-40-34-28-22-16-10-4)84(108-90(96)54-66-102-60-48-42-36-30-24-18-12-6)72-78(76)77-71-83(107-89(95)53-65-101-59-47-41-35-29-23-17-11-5)81(69-75(73)77)105-87(93)51-63-99-57-45-39-33-27-21-15-9-3/h49-54,61-72H,7-48,55-60H2,1-6H3. The van der Waals surface area contributed by atoms with Gasteiger partial charge in [0, 0.05) is 0 Å². The summed E-state index contributed by atoms with van der Waals surface area (Å²) in [6.07, 6.45) is 59.6. The van der Waals surface area contributed by atoms with Gasteiger partial charge in [-0.3, -0.25) is 0 Å². The zero-order valence-electron chi connectivity index (χ0n) is 66.7. The summed E-state index contributed by atoms with van der Waals surface area (Å²) in [5.41, 5.74) is 0. The summed E-state index contributed by atoms with van der Waals surface area (Å²) in [4.78, 5) is 83.9. The molecule has 18 nitrogen and oxygen atoms in total. The molecule has 0 amide bonds. The lowest BCUT2D eigenvalue weighted by Crippen LogP contribution is -2.11. The first kappa shape index (κ1) is 92.1. The number of unbranched alkanes of at least 4 members (excludes halogenated alkanes) is 36. The predicted octanol–water partition coefficient (Wildman–Crippen LogP) is 24.3. The van der Waals surface area contributed by atoms with Crippen LogP contribution in [0.3, 0.4) is 0 Å². The highest BCUT2D eigenvalue weighted by Crippen LogP contribution is 2.47. The van der Waals surface area contributed by atoms with E-state index in [1.807, 2.05) is 0 Å². The Labute approximate surface area is 646 Å². The molecule has 0 spiro atoms. The third-order valence-corrected chi connectivity index (χ3v) is 18.4. The van der Waals surface area contributed by atoms with Crippen LogP contribution in [-0.2, 0) is 57.2 Å². The monoisotopic (exact) mass is 1500 g/mol. The molecular weight excluding hydrogens is 1370 g/mol. The summed E-state index contributed by atoms with van der Waals surface area (Å²) in [6.45, 7) is 15.4. The minimum atomic E-state index is -0.869. The second kappa shape index (κ2) is 61.6. The molecule has 0 aliphatic heterocycles. The number of esters is 6. The molecule has 0 bridgehead atoms. The van der Waals surface area contributed by atoms with Crippen molar-refractivity contribution in [1.82, 2.24) is 0 Å². The first-order valence-corrected chi connectivity index (χ1v) is 41.5. The molecule has 4 rings (SSSR count). The minimum Gasteiger partial charge on any atom is -0.501 e. The van der Waals surface area contributed by atoms with Crippen LogP contribution >= 0.6 is 0 Å². The Kier molecular flexibility index (Phi) is 52.5. The van der Waals surface area contributed by atoms with Gasteiger partial charge in [-0.25, -0.2) is 28.8 Å². The molecule has 0 N–H and O–H groups in total. The van der Waals surface area contributed by atoms with Crippen LogP contribution in [0.25, 0.3) is 32.3 Å². The lowest BCUT2D eigenvalue weighted by Gasteiger charge is -2.18. The van der Waals surface area contributed by atoms with Gasteiger partial charge in [0.05, 0.1) is 114 Å². The fourth-order valence-corrected chi connectivity index (χ4v) is 12.2. The molecule has 600 valence electrons. The van der Waals surface area contributed by atoms with Gasteiger partial charge in [-0.1, -0.05) is 273 Å². The summed E-state index contributed by atoms with van der Waals surface area (Å²) in [5, 5.41) is 1.82. The average Bonchev–Trinajstić information content (AvgIpc) is 0.725. The fraction of sp³-hybridized carbons (Fsp3) is 0.600. The van der Waals surface area contributed by atoms with Gasteiger partial charge in [-0.15, -0.1) is 0 Å². The molecule has 108 heavy (non-hydrogen) atoms. The number of carbonyl (C=O) groups excluding carboxylic acids is 6. The molecular formula is C90H132O18. The molecule has 0 heterocycles. The van der Waals surface area contributed by atoms with Crippen molar-refractivity contribution in [3.63, 3.8) is 0 Å². The van der Waals surface area contributed by atoms with Gasteiger partial charge in [0.15, 0.2) is 34.5 Å². The van der Waals surface area contributed by atoms with Crippen LogP contribution in [0.15, 0.2) is 110 Å². The van der Waals surface area contributed by atoms with E-state index in [1.54, 1.807) is 0 Å². The summed E-state index contributed by atoms with van der Waals surface area (Å²) in [6, 6.07) is 8.88. The van der Waals surface area contributed by atoms with Gasteiger partial charge in [0.1, 0.15) is 0 Å². The largest absolute Gasteiger partial charge is 0.501 e. The average molecular weight is 1500 g/mol. The van der Waals surface area contributed by atoms with Crippen molar-refractivity contribution in [1.29, 1.82) is 0 Å². The lowest BCUT2D eigenvalue weighted by atomic mass is 9.93. The van der Waals surface area contributed by atoms with Crippen LogP contribution in [0, 0.1) is 0 Å². The van der Waals surface area contributed by atoms with Gasteiger partial charge < -0.3 is 56.8 Å². The maximum Gasteiger partial charge on any atom is 0.339 e. The zero-order chi connectivity index (χ0) is 77.5. The second-order valence-corrected chi connectivity index (χ2v) is 27.8. The molecule has 4 aromatic rings. The minimum absolute atomic E-state index is 0.216. The summed E-state index contributed by atoms with van der Waals surface area (Å²) < 4.78 is 70.9. The Morgan fingerprint density at radius 2 is 0.315 bits per heavy atom. The van der Waals surface area contributed by atoms with Crippen LogP contribution in [0.2, 0.25) is 0 Å². The first-order chi connectivity index (χ1) is 53.0. The van der Waals surface area contributed by atoms with Crippen LogP contribution < -0.4 is 28.4 Å². The number of fused-ring (bicyclic) bond motifs is 6. The van der Waals surface area contributed by atoms with Crippen LogP contribution in [-0.4, -0.2) is 75.5 Å². The highest BCUT2D eigenvalue weighted by atomic mass is 16.6. The van der Waals surface area contributed by atoms with Crippen molar-refractivity contribution in [2.75, 3.05) is 39.6 Å². The molecule has 0 atom stereocenters.